The van der Waals surface area contributed by atoms with Crippen LogP contribution in [0, 0.1) is 0 Å². The van der Waals surface area contributed by atoms with Crippen LogP contribution in [0.15, 0.2) is 24.3 Å². The summed E-state index contributed by atoms with van der Waals surface area (Å²) in [7, 11) is 0. The van der Waals surface area contributed by atoms with Gasteiger partial charge in [-0.1, -0.05) is 0 Å². The highest BCUT2D eigenvalue weighted by molar-refractivity contribution is 5.96. The third kappa shape index (κ3) is 5.13. The number of benzene rings is 1. The van der Waals surface area contributed by atoms with Gasteiger partial charge in [0.2, 0.25) is 0 Å². The Balaban J connectivity index is 2.63. The Morgan fingerprint density at radius 3 is 2.14 bits per heavy atom. The van der Waals surface area contributed by atoms with Crippen molar-refractivity contribution in [3.05, 3.63) is 29.8 Å². The van der Waals surface area contributed by atoms with Crippen molar-refractivity contribution in [2.24, 2.45) is 0 Å². The lowest BCUT2D eigenvalue weighted by molar-refractivity contribution is -0.135. The molecule has 0 aliphatic heterocycles. The summed E-state index contributed by atoms with van der Waals surface area (Å²) in [5.41, 5.74) is 0.902. The first-order valence-electron chi connectivity index (χ1n) is 6.63. The largest absolute Gasteiger partial charge is 0.480 e. The second-order valence-corrected chi connectivity index (χ2v) is 4.26. The van der Waals surface area contributed by atoms with Gasteiger partial charge in [0.1, 0.15) is 6.54 Å². The van der Waals surface area contributed by atoms with Crippen molar-refractivity contribution in [3.8, 4) is 0 Å². The quantitative estimate of drug-likeness (QED) is 0.737. The van der Waals surface area contributed by atoms with Gasteiger partial charge in [-0.2, -0.15) is 0 Å². The maximum atomic E-state index is 11.8. The van der Waals surface area contributed by atoms with E-state index in [4.69, 9.17) is 5.11 Å². The topological polar surface area (TPSA) is 98.7 Å². The van der Waals surface area contributed by atoms with Gasteiger partial charge in [0, 0.05) is 24.3 Å². The number of hydrogen-bond acceptors (Lipinski definition) is 3. The minimum atomic E-state index is -1.11. The van der Waals surface area contributed by atoms with Crippen LogP contribution in [-0.4, -0.2) is 47.5 Å². The zero-order chi connectivity index (χ0) is 15.8. The lowest BCUT2D eigenvalue weighted by Crippen LogP contribution is -2.34. The number of hydrogen-bond donors (Lipinski definition) is 3. The number of carbonyl (C=O) groups excluding carboxylic acids is 2. The molecule has 0 fully saturated rings. The molecule has 0 saturated heterocycles. The van der Waals surface area contributed by atoms with Crippen LogP contribution in [0.2, 0.25) is 0 Å². The normalized spacial score (nSPS) is 9.81. The van der Waals surface area contributed by atoms with Crippen LogP contribution >= 0.6 is 0 Å². The van der Waals surface area contributed by atoms with Crippen molar-refractivity contribution >= 4 is 23.6 Å². The standard InChI is InChI=1S/C14H19N3O4/c1-3-17(4-2)14(21)16-11-7-5-10(6-8-11)13(20)15-9-12(18)19/h5-8H,3-4,9H2,1-2H3,(H,15,20)(H,16,21)(H,18,19). The van der Waals surface area contributed by atoms with E-state index in [1.807, 2.05) is 13.8 Å². The molecule has 3 amide bonds. The monoisotopic (exact) mass is 293 g/mol. The van der Waals surface area contributed by atoms with Crippen molar-refractivity contribution in [1.29, 1.82) is 0 Å². The SMILES string of the molecule is CCN(CC)C(=O)Nc1ccc(C(=O)NCC(=O)O)cc1. The van der Waals surface area contributed by atoms with Gasteiger partial charge in [-0.3, -0.25) is 9.59 Å². The maximum absolute atomic E-state index is 11.8. The third-order valence-corrected chi connectivity index (χ3v) is 2.85. The van der Waals surface area contributed by atoms with Crippen LogP contribution in [0.4, 0.5) is 10.5 Å². The Hall–Kier alpha value is -2.57. The van der Waals surface area contributed by atoms with Crippen molar-refractivity contribution in [3.63, 3.8) is 0 Å². The molecule has 0 heterocycles. The van der Waals surface area contributed by atoms with E-state index >= 15 is 0 Å². The molecule has 21 heavy (non-hydrogen) atoms. The number of anilines is 1. The van der Waals surface area contributed by atoms with Crippen molar-refractivity contribution in [1.82, 2.24) is 10.2 Å². The highest BCUT2D eigenvalue weighted by atomic mass is 16.4. The number of carboxylic acid groups (broad SMARTS) is 1. The Bertz CT molecular complexity index is 509. The minimum Gasteiger partial charge on any atom is -0.480 e. The molecular weight excluding hydrogens is 274 g/mol. The van der Waals surface area contributed by atoms with Crippen LogP contribution in [0.5, 0.6) is 0 Å². The molecule has 1 aromatic rings. The fourth-order valence-corrected chi connectivity index (χ4v) is 1.68. The van der Waals surface area contributed by atoms with Gasteiger partial charge in [-0.15, -0.1) is 0 Å². The van der Waals surface area contributed by atoms with E-state index in [9.17, 15) is 14.4 Å². The second-order valence-electron chi connectivity index (χ2n) is 4.26. The lowest BCUT2D eigenvalue weighted by atomic mass is 10.2. The van der Waals surface area contributed by atoms with Crippen molar-refractivity contribution < 1.29 is 19.5 Å². The summed E-state index contributed by atoms with van der Waals surface area (Å²) >= 11 is 0. The molecule has 7 nitrogen and oxygen atoms in total. The highest BCUT2D eigenvalue weighted by Crippen LogP contribution is 2.10. The first kappa shape index (κ1) is 16.5. The molecule has 0 saturated carbocycles. The summed E-state index contributed by atoms with van der Waals surface area (Å²) in [5.74, 6) is -1.58. The highest BCUT2D eigenvalue weighted by Gasteiger charge is 2.10. The van der Waals surface area contributed by atoms with E-state index in [0.29, 0.717) is 24.3 Å². The first-order valence-corrected chi connectivity index (χ1v) is 6.63. The number of urea groups is 1. The second kappa shape index (κ2) is 7.88. The number of nitrogens with zero attached hydrogens (tertiary/aromatic N) is 1. The van der Waals surface area contributed by atoms with Gasteiger partial charge in [0.05, 0.1) is 0 Å². The fourth-order valence-electron chi connectivity index (χ4n) is 1.68. The molecule has 0 aliphatic rings. The molecule has 0 aliphatic carbocycles. The zero-order valence-electron chi connectivity index (χ0n) is 12.0. The summed E-state index contributed by atoms with van der Waals surface area (Å²) in [6.07, 6.45) is 0. The van der Waals surface area contributed by atoms with Gasteiger partial charge in [0.15, 0.2) is 0 Å². The van der Waals surface area contributed by atoms with Gasteiger partial charge in [0.25, 0.3) is 5.91 Å². The number of carboxylic acids is 1. The molecule has 1 rings (SSSR count). The third-order valence-electron chi connectivity index (χ3n) is 2.85. The lowest BCUT2D eigenvalue weighted by Gasteiger charge is -2.19. The Morgan fingerprint density at radius 2 is 1.67 bits per heavy atom. The molecule has 114 valence electrons. The number of nitrogens with one attached hydrogen (secondary N) is 2. The fraction of sp³-hybridized carbons (Fsp3) is 0.357. The Morgan fingerprint density at radius 1 is 1.10 bits per heavy atom. The predicted molar refractivity (Wildman–Crippen MR) is 78.4 cm³/mol. The van der Waals surface area contributed by atoms with E-state index in [2.05, 4.69) is 10.6 Å². The molecule has 0 spiro atoms. The van der Waals surface area contributed by atoms with E-state index in [-0.39, 0.29) is 6.03 Å². The smallest absolute Gasteiger partial charge is 0.322 e. The van der Waals surface area contributed by atoms with Gasteiger partial charge in [-0.25, -0.2) is 4.79 Å². The summed E-state index contributed by atoms with van der Waals surface area (Å²) in [6.45, 7) is 4.56. The average Bonchev–Trinajstić information content (AvgIpc) is 2.46. The van der Waals surface area contributed by atoms with Crippen LogP contribution in [0.1, 0.15) is 24.2 Å². The molecular formula is C14H19N3O4. The molecule has 0 aromatic heterocycles. The Kier molecular flexibility index (Phi) is 6.19. The van der Waals surface area contributed by atoms with Crippen LogP contribution in [0.25, 0.3) is 0 Å². The molecule has 0 bridgehead atoms. The summed E-state index contributed by atoms with van der Waals surface area (Å²) in [6, 6.07) is 6.03. The molecule has 0 unspecified atom stereocenters. The number of carbonyl (C=O) groups is 3. The minimum absolute atomic E-state index is 0.205. The molecule has 0 atom stereocenters. The summed E-state index contributed by atoms with van der Waals surface area (Å²) in [5, 5.41) is 13.5. The average molecular weight is 293 g/mol. The zero-order valence-corrected chi connectivity index (χ0v) is 12.0. The number of aliphatic carboxylic acids is 1. The maximum Gasteiger partial charge on any atom is 0.322 e. The van der Waals surface area contributed by atoms with E-state index in [1.54, 1.807) is 17.0 Å². The molecule has 0 radical (unpaired) electrons. The summed E-state index contributed by atoms with van der Waals surface area (Å²) < 4.78 is 0. The summed E-state index contributed by atoms with van der Waals surface area (Å²) in [4.78, 5) is 35.5. The molecule has 1 aromatic carbocycles. The van der Waals surface area contributed by atoms with E-state index in [0.717, 1.165) is 0 Å². The predicted octanol–water partition coefficient (Wildman–Crippen LogP) is 1.37. The first-order chi connectivity index (χ1) is 9.97. The Labute approximate surface area is 122 Å². The van der Waals surface area contributed by atoms with Crippen LogP contribution < -0.4 is 10.6 Å². The van der Waals surface area contributed by atoms with Crippen molar-refractivity contribution in [2.75, 3.05) is 25.0 Å². The van der Waals surface area contributed by atoms with Gasteiger partial charge >= 0.3 is 12.0 Å². The van der Waals surface area contributed by atoms with Crippen molar-refractivity contribution in [2.45, 2.75) is 13.8 Å². The van der Waals surface area contributed by atoms with E-state index in [1.165, 1.54) is 12.1 Å². The number of rotatable bonds is 6. The van der Waals surface area contributed by atoms with Crippen LogP contribution in [-0.2, 0) is 4.79 Å². The van der Waals surface area contributed by atoms with E-state index < -0.39 is 18.4 Å². The molecule has 7 heteroatoms. The van der Waals surface area contributed by atoms with Gasteiger partial charge in [-0.05, 0) is 38.1 Å². The number of amides is 3. The molecule has 3 N–H and O–H groups in total. The van der Waals surface area contributed by atoms with Gasteiger partial charge < -0.3 is 20.6 Å². The van der Waals surface area contributed by atoms with Crippen LogP contribution in [0.3, 0.4) is 0 Å².